The van der Waals surface area contributed by atoms with Crippen LogP contribution < -0.4 is 4.90 Å². The van der Waals surface area contributed by atoms with Crippen LogP contribution in [0.4, 0.5) is 5.69 Å². The molecule has 0 bridgehead atoms. The minimum atomic E-state index is -0.458. The minimum absolute atomic E-state index is 0.372. The van der Waals surface area contributed by atoms with Gasteiger partial charge in [-0.2, -0.15) is 5.10 Å². The molecule has 0 N–H and O–H groups in total. The number of anilines is 1. The summed E-state index contributed by atoms with van der Waals surface area (Å²) in [6.07, 6.45) is 0. The highest BCUT2D eigenvalue weighted by atomic mass is 16.2. The number of carbonyl (C=O) groups is 2. The maximum absolute atomic E-state index is 12.3. The van der Waals surface area contributed by atoms with E-state index in [9.17, 15) is 9.59 Å². The molecule has 5 nitrogen and oxygen atoms in total. The van der Waals surface area contributed by atoms with Gasteiger partial charge < -0.3 is 0 Å². The first kappa shape index (κ1) is 13.5. The molecule has 108 valence electrons. The van der Waals surface area contributed by atoms with Crippen molar-refractivity contribution in [1.82, 2.24) is 9.78 Å². The SMILES string of the molecule is CCn1nc(C)cc1CN1C(=O)C(=O)c2cccc(C)c21. The molecule has 0 spiro atoms. The van der Waals surface area contributed by atoms with Gasteiger partial charge >= 0.3 is 0 Å². The van der Waals surface area contributed by atoms with Crippen LogP contribution in [0.1, 0.15) is 34.2 Å². The van der Waals surface area contributed by atoms with Crippen LogP contribution >= 0.6 is 0 Å². The van der Waals surface area contributed by atoms with Crippen LogP contribution in [0.15, 0.2) is 24.3 Å². The first-order valence-electron chi connectivity index (χ1n) is 7.02. The largest absolute Gasteiger partial charge is 0.299 e. The standard InChI is InChI=1S/C16H17N3O2/c1-4-19-12(8-11(3)17-19)9-18-14-10(2)6-5-7-13(14)15(20)16(18)21/h5-8H,4,9H2,1-3H3. The number of aromatic nitrogens is 2. The van der Waals surface area contributed by atoms with Gasteiger partial charge in [0.15, 0.2) is 0 Å². The molecule has 2 aromatic rings. The van der Waals surface area contributed by atoms with Gasteiger partial charge in [0.25, 0.3) is 11.7 Å². The fourth-order valence-electron chi connectivity index (χ4n) is 2.85. The molecule has 1 aliphatic rings. The molecule has 2 heterocycles. The average molecular weight is 283 g/mol. The number of hydrogen-bond donors (Lipinski definition) is 0. The fourth-order valence-corrected chi connectivity index (χ4v) is 2.85. The Bertz CT molecular complexity index is 746. The molecule has 0 radical (unpaired) electrons. The van der Waals surface area contributed by atoms with Crippen LogP contribution in [0, 0.1) is 13.8 Å². The van der Waals surface area contributed by atoms with E-state index in [2.05, 4.69) is 5.10 Å². The third-order valence-electron chi connectivity index (χ3n) is 3.80. The summed E-state index contributed by atoms with van der Waals surface area (Å²) in [6.45, 7) is 6.95. The zero-order chi connectivity index (χ0) is 15.1. The molecule has 0 saturated carbocycles. The number of amides is 1. The molecule has 1 amide bonds. The summed E-state index contributed by atoms with van der Waals surface area (Å²) in [5.74, 6) is -0.881. The zero-order valence-electron chi connectivity index (χ0n) is 12.4. The van der Waals surface area contributed by atoms with Crippen molar-refractivity contribution in [3.05, 3.63) is 46.8 Å². The number of ketones is 1. The number of carbonyl (C=O) groups excluding carboxylic acids is 2. The van der Waals surface area contributed by atoms with Gasteiger partial charge in [0.05, 0.1) is 29.2 Å². The van der Waals surface area contributed by atoms with Crippen LogP contribution in [0.2, 0.25) is 0 Å². The average Bonchev–Trinajstić information content (AvgIpc) is 2.93. The summed E-state index contributed by atoms with van der Waals surface area (Å²) in [4.78, 5) is 25.9. The van der Waals surface area contributed by atoms with E-state index in [1.165, 1.54) is 0 Å². The van der Waals surface area contributed by atoms with Crippen LogP contribution in [0.3, 0.4) is 0 Å². The summed E-state index contributed by atoms with van der Waals surface area (Å²) in [6, 6.07) is 7.39. The van der Waals surface area contributed by atoms with E-state index in [1.807, 2.05) is 43.7 Å². The van der Waals surface area contributed by atoms with Crippen molar-refractivity contribution in [1.29, 1.82) is 0 Å². The molecule has 1 aromatic carbocycles. The summed E-state index contributed by atoms with van der Waals surface area (Å²) >= 11 is 0. The van der Waals surface area contributed by atoms with Gasteiger partial charge in [-0.3, -0.25) is 19.2 Å². The van der Waals surface area contributed by atoms with Crippen molar-refractivity contribution in [2.24, 2.45) is 0 Å². The Morgan fingerprint density at radius 2 is 1.95 bits per heavy atom. The van der Waals surface area contributed by atoms with Crippen LogP contribution in [-0.4, -0.2) is 21.5 Å². The van der Waals surface area contributed by atoms with Crippen molar-refractivity contribution in [2.45, 2.75) is 33.9 Å². The maximum atomic E-state index is 12.3. The van der Waals surface area contributed by atoms with E-state index in [0.29, 0.717) is 12.1 Å². The number of hydrogen-bond acceptors (Lipinski definition) is 3. The molecular weight excluding hydrogens is 266 g/mol. The summed E-state index contributed by atoms with van der Waals surface area (Å²) < 4.78 is 1.86. The highest BCUT2D eigenvalue weighted by Gasteiger charge is 2.37. The van der Waals surface area contributed by atoms with Crippen LogP contribution in [0.5, 0.6) is 0 Å². The Kier molecular flexibility index (Phi) is 3.12. The predicted molar refractivity (Wildman–Crippen MR) is 79.3 cm³/mol. The molecule has 0 aliphatic carbocycles. The highest BCUT2D eigenvalue weighted by Crippen LogP contribution is 2.33. The van der Waals surface area contributed by atoms with Crippen molar-refractivity contribution in [3.63, 3.8) is 0 Å². The molecule has 3 rings (SSSR count). The van der Waals surface area contributed by atoms with Crippen LogP contribution in [-0.2, 0) is 17.9 Å². The van der Waals surface area contributed by atoms with Crippen molar-refractivity contribution in [3.8, 4) is 0 Å². The number of benzene rings is 1. The second kappa shape index (κ2) is 4.84. The molecule has 5 heteroatoms. The first-order chi connectivity index (χ1) is 10.0. The third-order valence-corrected chi connectivity index (χ3v) is 3.80. The molecular formula is C16H17N3O2. The van der Waals surface area contributed by atoms with E-state index >= 15 is 0 Å². The molecule has 1 aliphatic heterocycles. The summed E-state index contributed by atoms with van der Waals surface area (Å²) in [5, 5.41) is 4.39. The lowest BCUT2D eigenvalue weighted by molar-refractivity contribution is -0.114. The lowest BCUT2D eigenvalue weighted by Crippen LogP contribution is -2.30. The predicted octanol–water partition coefficient (Wildman–Crippen LogP) is 2.25. The van der Waals surface area contributed by atoms with E-state index in [-0.39, 0.29) is 0 Å². The molecule has 1 aromatic heterocycles. The molecule has 0 saturated heterocycles. The number of Topliss-reactive ketones (excluding diaryl/α,β-unsaturated/α-hetero) is 1. The van der Waals surface area contributed by atoms with Gasteiger partial charge in [0.1, 0.15) is 0 Å². The topological polar surface area (TPSA) is 55.2 Å². The van der Waals surface area contributed by atoms with Gasteiger partial charge in [-0.25, -0.2) is 0 Å². The normalized spacial score (nSPS) is 14.0. The Hall–Kier alpha value is -2.43. The first-order valence-corrected chi connectivity index (χ1v) is 7.02. The quantitative estimate of drug-likeness (QED) is 0.812. The van der Waals surface area contributed by atoms with Gasteiger partial charge in [0.2, 0.25) is 0 Å². The Morgan fingerprint density at radius 3 is 2.67 bits per heavy atom. The zero-order valence-corrected chi connectivity index (χ0v) is 12.4. The van der Waals surface area contributed by atoms with Gasteiger partial charge in [-0.15, -0.1) is 0 Å². The smallest absolute Gasteiger partial charge is 0.299 e. The Morgan fingerprint density at radius 1 is 1.19 bits per heavy atom. The minimum Gasteiger partial charge on any atom is -0.299 e. The van der Waals surface area contributed by atoms with E-state index in [1.54, 1.807) is 11.0 Å². The van der Waals surface area contributed by atoms with Gasteiger partial charge in [-0.1, -0.05) is 12.1 Å². The Labute approximate surface area is 123 Å². The number of para-hydroxylation sites is 1. The monoisotopic (exact) mass is 283 g/mol. The molecule has 0 fully saturated rings. The second-order valence-electron chi connectivity index (χ2n) is 5.28. The molecule has 0 unspecified atom stereocenters. The molecule has 21 heavy (non-hydrogen) atoms. The number of fused-ring (bicyclic) bond motifs is 1. The second-order valence-corrected chi connectivity index (χ2v) is 5.28. The maximum Gasteiger partial charge on any atom is 0.299 e. The Balaban J connectivity index is 2.04. The van der Waals surface area contributed by atoms with Crippen LogP contribution in [0.25, 0.3) is 0 Å². The lowest BCUT2D eigenvalue weighted by atomic mass is 10.1. The summed E-state index contributed by atoms with van der Waals surface area (Å²) in [5.41, 5.74) is 4.02. The third kappa shape index (κ3) is 2.05. The fraction of sp³-hybridized carbons (Fsp3) is 0.312. The van der Waals surface area contributed by atoms with E-state index in [4.69, 9.17) is 0 Å². The van der Waals surface area contributed by atoms with Crippen molar-refractivity contribution < 1.29 is 9.59 Å². The van der Waals surface area contributed by atoms with E-state index in [0.717, 1.165) is 29.2 Å². The van der Waals surface area contributed by atoms with Crippen molar-refractivity contribution >= 4 is 17.4 Å². The number of rotatable bonds is 3. The molecule has 0 atom stereocenters. The van der Waals surface area contributed by atoms with E-state index < -0.39 is 11.7 Å². The van der Waals surface area contributed by atoms with Gasteiger partial charge in [-0.05, 0) is 38.5 Å². The number of nitrogens with zero attached hydrogens (tertiary/aromatic N) is 3. The lowest BCUT2D eigenvalue weighted by Gasteiger charge is -2.18. The highest BCUT2D eigenvalue weighted by molar-refractivity contribution is 6.52. The van der Waals surface area contributed by atoms with Gasteiger partial charge in [0, 0.05) is 6.54 Å². The summed E-state index contributed by atoms with van der Waals surface area (Å²) in [7, 11) is 0. The number of aryl methyl sites for hydroxylation is 3. The van der Waals surface area contributed by atoms with Crippen molar-refractivity contribution in [2.75, 3.05) is 4.90 Å².